The van der Waals surface area contributed by atoms with E-state index in [1.54, 1.807) is 54.6 Å². The number of carbonyl (C=O) groups excluding carboxylic acids is 1. The molecule has 0 heterocycles. The van der Waals surface area contributed by atoms with Crippen molar-refractivity contribution in [3.63, 3.8) is 0 Å². The molecule has 146 valence electrons. The monoisotopic (exact) mass is 387 g/mol. The first kappa shape index (κ1) is 21.2. The lowest BCUT2D eigenvalue weighted by atomic mass is 10.0. The molecule has 2 rings (SSSR count). The van der Waals surface area contributed by atoms with Crippen molar-refractivity contribution in [2.75, 3.05) is 0 Å². The Hall–Kier alpha value is -2.14. The first-order valence-corrected chi connectivity index (χ1v) is 11.1. The standard InChI is InChI=1S/C22H29NO3S/c1-17(2)8-7-9-18(3)23-22(24)20-14-12-19(13-15-20)16-27(25,26)21-10-5-4-6-11-21/h4-6,10-15,17-18H,7-9,16H2,1-3H3,(H,23,24)/t18-/m1/s1. The molecule has 0 aliphatic rings. The van der Waals surface area contributed by atoms with Crippen molar-refractivity contribution >= 4 is 15.7 Å². The summed E-state index contributed by atoms with van der Waals surface area (Å²) >= 11 is 0. The van der Waals surface area contributed by atoms with Gasteiger partial charge in [-0.3, -0.25) is 4.79 Å². The molecule has 0 saturated carbocycles. The quantitative estimate of drug-likeness (QED) is 0.684. The maximum atomic E-state index is 12.4. The molecule has 0 unspecified atom stereocenters. The highest BCUT2D eigenvalue weighted by Gasteiger charge is 2.15. The van der Waals surface area contributed by atoms with Gasteiger partial charge in [0.05, 0.1) is 10.6 Å². The fourth-order valence-electron chi connectivity index (χ4n) is 2.89. The van der Waals surface area contributed by atoms with E-state index in [9.17, 15) is 13.2 Å². The van der Waals surface area contributed by atoms with Crippen LogP contribution in [0.3, 0.4) is 0 Å². The zero-order valence-electron chi connectivity index (χ0n) is 16.3. The predicted octanol–water partition coefficient (Wildman–Crippen LogP) is 4.61. The molecule has 0 aliphatic heterocycles. The van der Waals surface area contributed by atoms with Gasteiger partial charge in [-0.1, -0.05) is 57.0 Å². The van der Waals surface area contributed by atoms with E-state index in [1.165, 1.54) is 0 Å². The van der Waals surface area contributed by atoms with Crippen molar-refractivity contribution in [2.24, 2.45) is 5.92 Å². The predicted molar refractivity (Wildman–Crippen MR) is 109 cm³/mol. The molecule has 5 heteroatoms. The van der Waals surface area contributed by atoms with Crippen LogP contribution in [0, 0.1) is 5.92 Å². The number of nitrogens with one attached hydrogen (secondary N) is 1. The van der Waals surface area contributed by atoms with E-state index < -0.39 is 9.84 Å². The van der Waals surface area contributed by atoms with Crippen LogP contribution in [-0.2, 0) is 15.6 Å². The van der Waals surface area contributed by atoms with Gasteiger partial charge in [0, 0.05) is 11.6 Å². The number of amides is 1. The zero-order valence-corrected chi connectivity index (χ0v) is 17.1. The maximum Gasteiger partial charge on any atom is 0.251 e. The van der Waals surface area contributed by atoms with Crippen LogP contribution in [0.1, 0.15) is 56.0 Å². The van der Waals surface area contributed by atoms with Crippen molar-refractivity contribution in [1.29, 1.82) is 0 Å². The van der Waals surface area contributed by atoms with Crippen LogP contribution in [-0.4, -0.2) is 20.4 Å². The van der Waals surface area contributed by atoms with E-state index in [4.69, 9.17) is 0 Å². The lowest BCUT2D eigenvalue weighted by molar-refractivity contribution is 0.0937. The Kier molecular flexibility index (Phi) is 7.60. The normalized spacial score (nSPS) is 12.7. The summed E-state index contributed by atoms with van der Waals surface area (Å²) in [6.45, 7) is 6.41. The molecule has 0 aromatic heterocycles. The summed E-state index contributed by atoms with van der Waals surface area (Å²) in [7, 11) is -3.38. The fourth-order valence-corrected chi connectivity index (χ4v) is 4.26. The minimum atomic E-state index is -3.38. The summed E-state index contributed by atoms with van der Waals surface area (Å²) in [5.41, 5.74) is 1.21. The summed E-state index contributed by atoms with van der Waals surface area (Å²) in [4.78, 5) is 12.6. The Morgan fingerprint density at radius 2 is 1.56 bits per heavy atom. The minimum Gasteiger partial charge on any atom is -0.350 e. The Labute approximate surface area is 162 Å². The van der Waals surface area contributed by atoms with Crippen molar-refractivity contribution in [3.8, 4) is 0 Å². The molecule has 2 aromatic rings. The third-order valence-corrected chi connectivity index (χ3v) is 6.18. The average Bonchev–Trinajstić information content (AvgIpc) is 2.62. The SMILES string of the molecule is CC(C)CCC[C@@H](C)NC(=O)c1ccc(CS(=O)(=O)c2ccccc2)cc1. The summed E-state index contributed by atoms with van der Waals surface area (Å²) in [5.74, 6) is 0.474. The third kappa shape index (κ3) is 6.83. The molecular weight excluding hydrogens is 358 g/mol. The second kappa shape index (κ2) is 9.70. The van der Waals surface area contributed by atoms with E-state index in [0.717, 1.165) is 19.3 Å². The minimum absolute atomic E-state index is 0.0789. The van der Waals surface area contributed by atoms with Crippen molar-refractivity contribution in [3.05, 3.63) is 65.7 Å². The highest BCUT2D eigenvalue weighted by atomic mass is 32.2. The number of benzene rings is 2. The first-order chi connectivity index (χ1) is 12.8. The van der Waals surface area contributed by atoms with E-state index >= 15 is 0 Å². The van der Waals surface area contributed by atoms with Crippen LogP contribution >= 0.6 is 0 Å². The second-order valence-electron chi connectivity index (χ2n) is 7.47. The number of hydrogen-bond donors (Lipinski definition) is 1. The van der Waals surface area contributed by atoms with Gasteiger partial charge in [-0.25, -0.2) is 8.42 Å². The Morgan fingerprint density at radius 1 is 0.926 bits per heavy atom. The van der Waals surface area contributed by atoms with E-state index in [0.29, 0.717) is 21.9 Å². The van der Waals surface area contributed by atoms with Crippen LogP contribution in [0.25, 0.3) is 0 Å². The van der Waals surface area contributed by atoms with Gasteiger partial charge in [-0.2, -0.15) is 0 Å². The molecule has 0 bridgehead atoms. The number of rotatable bonds is 9. The Balaban J connectivity index is 1.93. The van der Waals surface area contributed by atoms with Gasteiger partial charge in [0.25, 0.3) is 5.91 Å². The molecular formula is C22H29NO3S. The molecule has 1 N–H and O–H groups in total. The van der Waals surface area contributed by atoms with Crippen LogP contribution < -0.4 is 5.32 Å². The smallest absolute Gasteiger partial charge is 0.251 e. The van der Waals surface area contributed by atoms with Gasteiger partial charge in [0.15, 0.2) is 9.84 Å². The molecule has 0 saturated heterocycles. The van der Waals surface area contributed by atoms with Crippen LogP contribution in [0.2, 0.25) is 0 Å². The van der Waals surface area contributed by atoms with Gasteiger partial charge in [-0.15, -0.1) is 0 Å². The molecule has 4 nitrogen and oxygen atoms in total. The lowest BCUT2D eigenvalue weighted by Gasteiger charge is -2.14. The number of hydrogen-bond acceptors (Lipinski definition) is 3. The number of carbonyl (C=O) groups is 1. The van der Waals surface area contributed by atoms with Gasteiger partial charge in [0.1, 0.15) is 0 Å². The molecule has 1 amide bonds. The molecule has 0 spiro atoms. The van der Waals surface area contributed by atoms with Crippen molar-refractivity contribution in [2.45, 2.75) is 56.7 Å². The van der Waals surface area contributed by atoms with Gasteiger partial charge >= 0.3 is 0 Å². The zero-order chi connectivity index (χ0) is 19.9. The molecule has 0 aliphatic carbocycles. The molecule has 2 aromatic carbocycles. The summed E-state index contributed by atoms with van der Waals surface area (Å²) in [5, 5.41) is 3.01. The topological polar surface area (TPSA) is 63.2 Å². The highest BCUT2D eigenvalue weighted by molar-refractivity contribution is 7.90. The van der Waals surface area contributed by atoms with E-state index in [1.807, 2.05) is 6.92 Å². The van der Waals surface area contributed by atoms with Gasteiger partial charge < -0.3 is 5.32 Å². The lowest BCUT2D eigenvalue weighted by Crippen LogP contribution is -2.32. The van der Waals surface area contributed by atoms with Crippen LogP contribution in [0.4, 0.5) is 0 Å². The van der Waals surface area contributed by atoms with Crippen molar-refractivity contribution < 1.29 is 13.2 Å². The maximum absolute atomic E-state index is 12.4. The van der Waals surface area contributed by atoms with E-state index in [2.05, 4.69) is 19.2 Å². The fraction of sp³-hybridized carbons (Fsp3) is 0.409. The molecule has 1 atom stereocenters. The average molecular weight is 388 g/mol. The second-order valence-corrected chi connectivity index (χ2v) is 9.46. The summed E-state index contributed by atoms with van der Waals surface area (Å²) < 4.78 is 24.9. The van der Waals surface area contributed by atoms with Crippen molar-refractivity contribution in [1.82, 2.24) is 5.32 Å². The number of sulfone groups is 1. The van der Waals surface area contributed by atoms with Gasteiger partial charge in [0.2, 0.25) is 0 Å². The summed E-state index contributed by atoms with van der Waals surface area (Å²) in [6.07, 6.45) is 3.21. The Morgan fingerprint density at radius 3 is 2.15 bits per heavy atom. The van der Waals surface area contributed by atoms with Gasteiger partial charge in [-0.05, 0) is 49.1 Å². The summed E-state index contributed by atoms with van der Waals surface area (Å²) in [6, 6.07) is 15.3. The third-order valence-electron chi connectivity index (χ3n) is 4.47. The molecule has 27 heavy (non-hydrogen) atoms. The van der Waals surface area contributed by atoms with Crippen LogP contribution in [0.15, 0.2) is 59.5 Å². The van der Waals surface area contributed by atoms with Crippen LogP contribution in [0.5, 0.6) is 0 Å². The Bertz CT molecular complexity index is 828. The molecule has 0 radical (unpaired) electrons. The largest absolute Gasteiger partial charge is 0.350 e. The highest BCUT2D eigenvalue weighted by Crippen LogP contribution is 2.17. The molecule has 0 fully saturated rings. The first-order valence-electron chi connectivity index (χ1n) is 9.45. The van der Waals surface area contributed by atoms with E-state index in [-0.39, 0.29) is 17.7 Å².